The van der Waals surface area contributed by atoms with Crippen molar-refractivity contribution < 1.29 is 4.74 Å². The number of hydrogen-bond donors (Lipinski definition) is 1. The Morgan fingerprint density at radius 2 is 1.88 bits per heavy atom. The van der Waals surface area contributed by atoms with Crippen LogP contribution in [0.1, 0.15) is 30.4 Å². The first-order valence-corrected chi connectivity index (χ1v) is 6.18. The third-order valence-corrected chi connectivity index (χ3v) is 3.10. The molecule has 0 spiro atoms. The van der Waals surface area contributed by atoms with E-state index in [0.29, 0.717) is 0 Å². The van der Waals surface area contributed by atoms with E-state index in [4.69, 9.17) is 4.74 Å². The molecule has 1 saturated carbocycles. The van der Waals surface area contributed by atoms with E-state index in [2.05, 4.69) is 37.4 Å². The molecule has 1 aromatic rings. The number of nitrogens with one attached hydrogen (secondary N) is 1. The van der Waals surface area contributed by atoms with Gasteiger partial charge in [0.05, 0.1) is 0 Å². The van der Waals surface area contributed by atoms with Crippen LogP contribution in [0.25, 0.3) is 0 Å². The summed E-state index contributed by atoms with van der Waals surface area (Å²) in [6, 6.07) is 7.11. The summed E-state index contributed by atoms with van der Waals surface area (Å²) in [6.45, 7) is 5.93. The van der Waals surface area contributed by atoms with Crippen LogP contribution in [0, 0.1) is 13.8 Å². The maximum Gasteiger partial charge on any atom is 0.119 e. The Hall–Kier alpha value is -1.02. The topological polar surface area (TPSA) is 21.3 Å². The second-order valence-corrected chi connectivity index (χ2v) is 4.75. The van der Waals surface area contributed by atoms with Crippen molar-refractivity contribution >= 4 is 0 Å². The van der Waals surface area contributed by atoms with Crippen LogP contribution in [-0.2, 0) is 0 Å². The molecule has 2 heteroatoms. The number of rotatable bonds is 5. The average molecular weight is 219 g/mol. The van der Waals surface area contributed by atoms with Crippen LogP contribution in [0.5, 0.6) is 5.75 Å². The third-order valence-electron chi connectivity index (χ3n) is 3.10. The third kappa shape index (κ3) is 3.24. The van der Waals surface area contributed by atoms with Crippen molar-refractivity contribution in [1.29, 1.82) is 0 Å². The molecule has 0 atom stereocenters. The standard InChI is InChI=1S/C14H21NO/c1-11-8-12(2)10-14(9-11)16-7-6-15-13-4-3-5-13/h8-10,13,15H,3-7H2,1-2H3. The van der Waals surface area contributed by atoms with Crippen LogP contribution in [0.4, 0.5) is 0 Å². The molecule has 0 heterocycles. The van der Waals surface area contributed by atoms with Crippen LogP contribution in [0.3, 0.4) is 0 Å². The number of ether oxygens (including phenoxy) is 1. The van der Waals surface area contributed by atoms with Gasteiger partial charge in [0.25, 0.3) is 0 Å². The summed E-state index contributed by atoms with van der Waals surface area (Å²) in [7, 11) is 0. The van der Waals surface area contributed by atoms with E-state index in [-0.39, 0.29) is 0 Å². The van der Waals surface area contributed by atoms with Gasteiger partial charge in [-0.15, -0.1) is 0 Å². The Kier molecular flexibility index (Phi) is 3.83. The zero-order valence-corrected chi connectivity index (χ0v) is 10.3. The highest BCUT2D eigenvalue weighted by molar-refractivity contribution is 5.32. The molecule has 1 aliphatic carbocycles. The lowest BCUT2D eigenvalue weighted by Gasteiger charge is -2.26. The lowest BCUT2D eigenvalue weighted by atomic mass is 9.93. The number of hydrogen-bond acceptors (Lipinski definition) is 2. The van der Waals surface area contributed by atoms with Crippen molar-refractivity contribution in [2.24, 2.45) is 0 Å². The Morgan fingerprint density at radius 1 is 1.19 bits per heavy atom. The van der Waals surface area contributed by atoms with Crippen molar-refractivity contribution in [2.45, 2.75) is 39.2 Å². The molecule has 0 radical (unpaired) electrons. The van der Waals surface area contributed by atoms with E-state index < -0.39 is 0 Å². The normalized spacial score (nSPS) is 15.9. The average Bonchev–Trinajstić information content (AvgIpc) is 2.13. The molecule has 2 nitrogen and oxygen atoms in total. The fourth-order valence-electron chi connectivity index (χ4n) is 2.06. The van der Waals surface area contributed by atoms with Gasteiger partial charge in [0, 0.05) is 12.6 Å². The molecule has 1 N–H and O–H groups in total. The first-order chi connectivity index (χ1) is 7.74. The monoisotopic (exact) mass is 219 g/mol. The van der Waals surface area contributed by atoms with Gasteiger partial charge in [-0.3, -0.25) is 0 Å². The highest BCUT2D eigenvalue weighted by Crippen LogP contribution is 2.18. The molecule has 0 aliphatic heterocycles. The highest BCUT2D eigenvalue weighted by atomic mass is 16.5. The maximum atomic E-state index is 5.72. The molecule has 0 bridgehead atoms. The van der Waals surface area contributed by atoms with Crippen LogP contribution < -0.4 is 10.1 Å². The predicted octanol–water partition coefficient (Wildman–Crippen LogP) is 2.82. The Labute approximate surface area is 98.0 Å². The fourth-order valence-corrected chi connectivity index (χ4v) is 2.06. The minimum Gasteiger partial charge on any atom is -0.492 e. The van der Waals surface area contributed by atoms with Gasteiger partial charge in [0.2, 0.25) is 0 Å². The van der Waals surface area contributed by atoms with Gasteiger partial charge in [0.1, 0.15) is 12.4 Å². The van der Waals surface area contributed by atoms with Gasteiger partial charge < -0.3 is 10.1 Å². The van der Waals surface area contributed by atoms with Crippen molar-refractivity contribution in [1.82, 2.24) is 5.32 Å². The fraction of sp³-hybridized carbons (Fsp3) is 0.571. The summed E-state index contributed by atoms with van der Waals surface area (Å²) in [5, 5.41) is 3.49. The first kappa shape index (κ1) is 11.5. The Bertz CT molecular complexity index is 324. The SMILES string of the molecule is Cc1cc(C)cc(OCCNC2CCC2)c1. The summed E-state index contributed by atoms with van der Waals surface area (Å²) in [4.78, 5) is 0. The number of aryl methyl sites for hydroxylation is 2. The Morgan fingerprint density at radius 3 is 2.44 bits per heavy atom. The summed E-state index contributed by atoms with van der Waals surface area (Å²) in [6.07, 6.45) is 4.06. The minimum absolute atomic E-state index is 0.753. The maximum absolute atomic E-state index is 5.72. The van der Waals surface area contributed by atoms with Crippen molar-refractivity contribution in [2.75, 3.05) is 13.2 Å². The van der Waals surface area contributed by atoms with Gasteiger partial charge in [-0.05, 0) is 49.9 Å². The summed E-state index contributed by atoms with van der Waals surface area (Å²) < 4.78 is 5.72. The lowest BCUT2D eigenvalue weighted by molar-refractivity contribution is 0.276. The molecule has 2 rings (SSSR count). The van der Waals surface area contributed by atoms with Crippen LogP contribution >= 0.6 is 0 Å². The van der Waals surface area contributed by atoms with Crippen LogP contribution in [-0.4, -0.2) is 19.2 Å². The molecular formula is C14H21NO. The molecule has 1 aromatic carbocycles. The quantitative estimate of drug-likeness (QED) is 0.769. The van der Waals surface area contributed by atoms with Gasteiger partial charge >= 0.3 is 0 Å². The number of benzene rings is 1. The molecule has 1 fully saturated rings. The lowest BCUT2D eigenvalue weighted by Crippen LogP contribution is -2.37. The second-order valence-electron chi connectivity index (χ2n) is 4.75. The van der Waals surface area contributed by atoms with Gasteiger partial charge in [-0.1, -0.05) is 12.5 Å². The van der Waals surface area contributed by atoms with E-state index in [1.807, 2.05) is 0 Å². The van der Waals surface area contributed by atoms with E-state index >= 15 is 0 Å². The summed E-state index contributed by atoms with van der Waals surface area (Å²) >= 11 is 0. The predicted molar refractivity (Wildman–Crippen MR) is 67.1 cm³/mol. The Balaban J connectivity index is 1.71. The highest BCUT2D eigenvalue weighted by Gasteiger charge is 2.15. The first-order valence-electron chi connectivity index (χ1n) is 6.18. The molecule has 1 aliphatic rings. The van der Waals surface area contributed by atoms with Crippen molar-refractivity contribution in [3.63, 3.8) is 0 Å². The van der Waals surface area contributed by atoms with E-state index in [1.165, 1.54) is 30.4 Å². The van der Waals surface area contributed by atoms with Gasteiger partial charge in [-0.2, -0.15) is 0 Å². The molecule has 0 aromatic heterocycles. The minimum atomic E-state index is 0.753. The molecule has 0 amide bonds. The van der Waals surface area contributed by atoms with E-state index in [1.54, 1.807) is 0 Å². The van der Waals surface area contributed by atoms with E-state index in [0.717, 1.165) is 24.9 Å². The van der Waals surface area contributed by atoms with E-state index in [9.17, 15) is 0 Å². The molecule has 0 saturated heterocycles. The summed E-state index contributed by atoms with van der Waals surface area (Å²) in [5.41, 5.74) is 2.53. The second kappa shape index (κ2) is 5.35. The largest absolute Gasteiger partial charge is 0.492 e. The molecular weight excluding hydrogens is 198 g/mol. The van der Waals surface area contributed by atoms with Crippen LogP contribution in [0.15, 0.2) is 18.2 Å². The zero-order chi connectivity index (χ0) is 11.4. The van der Waals surface area contributed by atoms with Crippen molar-refractivity contribution in [3.05, 3.63) is 29.3 Å². The van der Waals surface area contributed by atoms with Gasteiger partial charge in [0.15, 0.2) is 0 Å². The summed E-state index contributed by atoms with van der Waals surface area (Å²) in [5.74, 6) is 0.993. The smallest absolute Gasteiger partial charge is 0.119 e. The molecule has 16 heavy (non-hydrogen) atoms. The van der Waals surface area contributed by atoms with Crippen molar-refractivity contribution in [3.8, 4) is 5.75 Å². The molecule has 88 valence electrons. The van der Waals surface area contributed by atoms with Crippen LogP contribution in [0.2, 0.25) is 0 Å². The zero-order valence-electron chi connectivity index (χ0n) is 10.3. The van der Waals surface area contributed by atoms with Gasteiger partial charge in [-0.25, -0.2) is 0 Å². The molecule has 0 unspecified atom stereocenters.